The average Bonchev–Trinajstić information content (AvgIpc) is 3.20. The summed E-state index contributed by atoms with van der Waals surface area (Å²) in [4.78, 5) is 9.19. The minimum Gasteiger partial charge on any atom is -0.491 e. The van der Waals surface area contributed by atoms with Crippen LogP contribution in [0.5, 0.6) is 5.75 Å². The third-order valence-electron chi connectivity index (χ3n) is 4.07. The maximum Gasteiger partial charge on any atom is 0.226 e. The van der Waals surface area contributed by atoms with E-state index in [1.165, 1.54) is 0 Å². The minimum absolute atomic E-state index is 0.169. The summed E-state index contributed by atoms with van der Waals surface area (Å²) in [5.41, 5.74) is 2.90. The molecule has 6 nitrogen and oxygen atoms in total. The van der Waals surface area contributed by atoms with Gasteiger partial charge in [0, 0.05) is 12.1 Å². The van der Waals surface area contributed by atoms with Crippen LogP contribution in [-0.4, -0.2) is 23.6 Å². The zero-order valence-corrected chi connectivity index (χ0v) is 17.2. The van der Waals surface area contributed by atoms with Gasteiger partial charge in [-0.1, -0.05) is 30.3 Å². The van der Waals surface area contributed by atoms with Gasteiger partial charge in [-0.25, -0.2) is 9.98 Å². The third-order valence-corrected chi connectivity index (χ3v) is 4.07. The molecule has 6 heteroatoms. The molecule has 0 fully saturated rings. The van der Waals surface area contributed by atoms with Crippen LogP contribution in [0.2, 0.25) is 0 Å². The zero-order chi connectivity index (χ0) is 20.5. The van der Waals surface area contributed by atoms with E-state index in [1.54, 1.807) is 6.26 Å². The van der Waals surface area contributed by atoms with Gasteiger partial charge in [0.05, 0.1) is 24.9 Å². The van der Waals surface area contributed by atoms with Gasteiger partial charge in [-0.3, -0.25) is 0 Å². The van der Waals surface area contributed by atoms with Crippen molar-refractivity contribution in [1.82, 2.24) is 15.6 Å². The highest BCUT2D eigenvalue weighted by Gasteiger charge is 2.07. The van der Waals surface area contributed by atoms with Gasteiger partial charge in [0.2, 0.25) is 5.89 Å². The summed E-state index contributed by atoms with van der Waals surface area (Å²) in [6.07, 6.45) is 1.84. The highest BCUT2D eigenvalue weighted by Crippen LogP contribution is 2.18. The quantitative estimate of drug-likeness (QED) is 0.440. The molecule has 0 aliphatic carbocycles. The second kappa shape index (κ2) is 10.3. The number of hydrogen-bond acceptors (Lipinski definition) is 4. The van der Waals surface area contributed by atoms with E-state index in [9.17, 15) is 0 Å². The summed E-state index contributed by atoms with van der Waals surface area (Å²) < 4.78 is 11.3. The molecule has 0 atom stereocenters. The van der Waals surface area contributed by atoms with Crippen LogP contribution in [0.1, 0.15) is 32.0 Å². The number of hydrogen-bond donors (Lipinski definition) is 2. The molecule has 29 heavy (non-hydrogen) atoms. The van der Waals surface area contributed by atoms with E-state index in [2.05, 4.69) is 20.6 Å². The molecule has 0 unspecified atom stereocenters. The van der Waals surface area contributed by atoms with Crippen molar-refractivity contribution < 1.29 is 9.15 Å². The fourth-order valence-corrected chi connectivity index (χ4v) is 2.73. The number of nitrogens with one attached hydrogen (secondary N) is 2. The molecule has 0 saturated heterocycles. The number of rotatable bonds is 8. The van der Waals surface area contributed by atoms with E-state index in [0.717, 1.165) is 35.1 Å². The lowest BCUT2D eigenvalue weighted by Gasteiger charge is -2.11. The van der Waals surface area contributed by atoms with Crippen LogP contribution >= 0.6 is 0 Å². The Hall–Kier alpha value is -3.28. The maximum atomic E-state index is 5.68. The van der Waals surface area contributed by atoms with E-state index >= 15 is 0 Å². The molecule has 3 aromatic rings. The molecular weight excluding hydrogens is 364 g/mol. The van der Waals surface area contributed by atoms with Crippen molar-refractivity contribution in [2.24, 2.45) is 4.99 Å². The van der Waals surface area contributed by atoms with Crippen LogP contribution in [0.3, 0.4) is 0 Å². The molecule has 1 aromatic heterocycles. The smallest absolute Gasteiger partial charge is 0.226 e. The highest BCUT2D eigenvalue weighted by atomic mass is 16.5. The van der Waals surface area contributed by atoms with Crippen molar-refractivity contribution in [3.63, 3.8) is 0 Å². The van der Waals surface area contributed by atoms with Gasteiger partial charge < -0.3 is 19.8 Å². The number of nitrogens with zero attached hydrogens (tertiary/aromatic N) is 2. The fraction of sp³-hybridized carbons (Fsp3) is 0.304. The molecule has 2 N–H and O–H groups in total. The van der Waals surface area contributed by atoms with Gasteiger partial charge >= 0.3 is 0 Å². The molecule has 0 aliphatic rings. The first-order valence-electron chi connectivity index (χ1n) is 9.91. The lowest BCUT2D eigenvalue weighted by atomic mass is 10.2. The molecule has 2 aromatic carbocycles. The van der Waals surface area contributed by atoms with Crippen LogP contribution in [0.15, 0.2) is 70.3 Å². The SMILES string of the molecule is CCNC(=NCc1ccc(OC(C)C)cc1)NCc1coc(-c2ccccc2)n1. The number of oxazole rings is 1. The Morgan fingerprint density at radius 3 is 2.52 bits per heavy atom. The first kappa shape index (κ1) is 20.5. The second-order valence-electron chi connectivity index (χ2n) is 6.87. The van der Waals surface area contributed by atoms with E-state index in [0.29, 0.717) is 19.0 Å². The number of ether oxygens (including phenoxy) is 1. The highest BCUT2D eigenvalue weighted by molar-refractivity contribution is 5.79. The molecule has 0 bridgehead atoms. The lowest BCUT2D eigenvalue weighted by molar-refractivity contribution is 0.242. The monoisotopic (exact) mass is 392 g/mol. The van der Waals surface area contributed by atoms with Gasteiger partial charge in [-0.05, 0) is 50.6 Å². The van der Waals surface area contributed by atoms with Gasteiger partial charge in [-0.15, -0.1) is 0 Å². The van der Waals surface area contributed by atoms with Gasteiger partial charge in [0.25, 0.3) is 0 Å². The van der Waals surface area contributed by atoms with Crippen molar-refractivity contribution in [3.05, 3.63) is 72.1 Å². The summed E-state index contributed by atoms with van der Waals surface area (Å²) in [6, 6.07) is 17.9. The Morgan fingerprint density at radius 2 is 1.83 bits per heavy atom. The predicted octanol–water partition coefficient (Wildman–Crippen LogP) is 4.38. The Bertz CT molecular complexity index is 902. The molecule has 0 saturated carbocycles. The van der Waals surface area contributed by atoms with Crippen LogP contribution in [0.4, 0.5) is 0 Å². The largest absolute Gasteiger partial charge is 0.491 e. The summed E-state index contributed by atoms with van der Waals surface area (Å²) in [5.74, 6) is 2.23. The maximum absolute atomic E-state index is 5.68. The molecule has 0 aliphatic heterocycles. The Labute approximate surface area is 172 Å². The first-order valence-corrected chi connectivity index (χ1v) is 9.91. The molecule has 1 heterocycles. The Balaban J connectivity index is 1.57. The normalized spacial score (nSPS) is 11.5. The predicted molar refractivity (Wildman–Crippen MR) is 116 cm³/mol. The van der Waals surface area contributed by atoms with E-state index < -0.39 is 0 Å². The fourth-order valence-electron chi connectivity index (χ4n) is 2.73. The van der Waals surface area contributed by atoms with Crippen molar-refractivity contribution in [1.29, 1.82) is 0 Å². The van der Waals surface area contributed by atoms with Crippen LogP contribution in [0, 0.1) is 0 Å². The van der Waals surface area contributed by atoms with Crippen molar-refractivity contribution in [2.45, 2.75) is 40.0 Å². The molecule has 0 spiro atoms. The number of aromatic nitrogens is 1. The topological polar surface area (TPSA) is 71.7 Å². The standard InChI is InChI=1S/C23H28N4O2/c1-4-24-23(25-14-18-10-12-21(13-11-18)29-17(2)3)26-15-20-16-28-22(27-20)19-8-6-5-7-9-19/h5-13,16-17H,4,14-15H2,1-3H3,(H2,24,25,26). The Morgan fingerprint density at radius 1 is 1.07 bits per heavy atom. The molecule has 0 amide bonds. The van der Waals surface area contributed by atoms with E-state index in [1.807, 2.05) is 75.4 Å². The first-order chi connectivity index (χ1) is 14.1. The minimum atomic E-state index is 0.169. The Kier molecular flexibility index (Phi) is 7.28. The van der Waals surface area contributed by atoms with Crippen LogP contribution in [-0.2, 0) is 13.1 Å². The third kappa shape index (κ3) is 6.38. The van der Waals surface area contributed by atoms with Gasteiger partial charge in [0.1, 0.15) is 12.0 Å². The summed E-state index contributed by atoms with van der Waals surface area (Å²) in [5, 5.41) is 6.56. The molecular formula is C23H28N4O2. The summed E-state index contributed by atoms with van der Waals surface area (Å²) in [7, 11) is 0. The van der Waals surface area contributed by atoms with Crippen molar-refractivity contribution in [2.75, 3.05) is 6.54 Å². The molecule has 0 radical (unpaired) electrons. The molecule has 152 valence electrons. The van der Waals surface area contributed by atoms with Crippen molar-refractivity contribution in [3.8, 4) is 17.2 Å². The van der Waals surface area contributed by atoms with E-state index in [4.69, 9.17) is 9.15 Å². The van der Waals surface area contributed by atoms with Crippen LogP contribution in [0.25, 0.3) is 11.5 Å². The number of benzene rings is 2. The average molecular weight is 393 g/mol. The van der Waals surface area contributed by atoms with Gasteiger partial charge in [0.15, 0.2) is 5.96 Å². The number of guanidine groups is 1. The van der Waals surface area contributed by atoms with Crippen molar-refractivity contribution >= 4 is 5.96 Å². The zero-order valence-electron chi connectivity index (χ0n) is 17.2. The summed E-state index contributed by atoms with van der Waals surface area (Å²) in [6.45, 7) is 7.96. The van der Waals surface area contributed by atoms with Crippen LogP contribution < -0.4 is 15.4 Å². The summed E-state index contributed by atoms with van der Waals surface area (Å²) >= 11 is 0. The van der Waals surface area contributed by atoms with Gasteiger partial charge in [-0.2, -0.15) is 0 Å². The second-order valence-corrected chi connectivity index (χ2v) is 6.87. The molecule has 3 rings (SSSR count). The lowest BCUT2D eigenvalue weighted by Crippen LogP contribution is -2.36. The number of aliphatic imine (C=N–C) groups is 1. The van der Waals surface area contributed by atoms with E-state index in [-0.39, 0.29) is 6.10 Å².